The third kappa shape index (κ3) is 5.91. The van der Waals surface area contributed by atoms with Gasteiger partial charge in [0.05, 0.1) is 0 Å². The number of allylic oxidation sites excluding steroid dienone is 2. The molecule has 41 heavy (non-hydrogen) atoms. The second kappa shape index (κ2) is 11.5. The monoisotopic (exact) mass is 642 g/mol. The summed E-state index contributed by atoms with van der Waals surface area (Å²) in [5, 5.41) is 12.2. The van der Waals surface area contributed by atoms with E-state index in [9.17, 15) is 9.90 Å². The molecule has 4 atom stereocenters. The summed E-state index contributed by atoms with van der Waals surface area (Å²) in [4.78, 5) is 13.6. The Balaban J connectivity index is 1.54. The van der Waals surface area contributed by atoms with E-state index in [4.69, 9.17) is 13.9 Å². The summed E-state index contributed by atoms with van der Waals surface area (Å²) in [6.07, 6.45) is 6.40. The molecule has 0 radical (unpaired) electrons. The zero-order valence-electron chi connectivity index (χ0n) is 26.5. The Bertz CT molecular complexity index is 1200. The van der Waals surface area contributed by atoms with Crippen molar-refractivity contribution in [2.45, 2.75) is 108 Å². The number of benzene rings is 1. The van der Waals surface area contributed by atoms with Crippen molar-refractivity contribution in [1.82, 2.24) is 0 Å². The van der Waals surface area contributed by atoms with Gasteiger partial charge in [0.25, 0.3) is 0 Å². The predicted molar refractivity (Wildman–Crippen MR) is 169 cm³/mol. The molecule has 2 fully saturated rings. The van der Waals surface area contributed by atoms with Crippen LogP contribution < -0.4 is 4.35 Å². The fourth-order valence-electron chi connectivity index (χ4n) is 7.22. The van der Waals surface area contributed by atoms with Crippen LogP contribution in [0.4, 0.5) is 0 Å². The molecule has 4 aliphatic rings. The van der Waals surface area contributed by atoms with Gasteiger partial charge in [-0.25, -0.2) is 0 Å². The van der Waals surface area contributed by atoms with Gasteiger partial charge < -0.3 is 0 Å². The van der Waals surface area contributed by atoms with Crippen LogP contribution in [0.1, 0.15) is 77.9 Å². The van der Waals surface area contributed by atoms with Crippen molar-refractivity contribution in [2.24, 2.45) is 17.3 Å². The van der Waals surface area contributed by atoms with Crippen LogP contribution in [-0.4, -0.2) is 59.5 Å². The molecule has 0 amide bonds. The van der Waals surface area contributed by atoms with Crippen LogP contribution in [0.25, 0.3) is 0 Å². The molecule has 5 rings (SSSR count). The van der Waals surface area contributed by atoms with Crippen molar-refractivity contribution in [2.75, 3.05) is 19.8 Å². The molecule has 7 heteroatoms. The molecule has 1 heterocycles. The number of hydrogen-bond acceptors (Lipinski definition) is 5. The first-order chi connectivity index (χ1) is 19.2. The van der Waals surface area contributed by atoms with Crippen LogP contribution in [0.5, 0.6) is 0 Å². The Labute approximate surface area is 253 Å². The van der Waals surface area contributed by atoms with Crippen LogP contribution in [0.3, 0.4) is 0 Å². The zero-order valence-corrected chi connectivity index (χ0v) is 29.4. The van der Waals surface area contributed by atoms with E-state index >= 15 is 0 Å². The van der Waals surface area contributed by atoms with E-state index in [1.54, 1.807) is 0 Å². The van der Waals surface area contributed by atoms with E-state index < -0.39 is 40.3 Å². The maximum absolute atomic E-state index is 13.6. The number of carbonyl (C=O) groups is 1. The molecule has 1 saturated carbocycles. The van der Waals surface area contributed by atoms with Crippen LogP contribution >= 0.6 is 0 Å². The molecule has 5 nitrogen and oxygen atoms in total. The first-order valence-corrected chi connectivity index (χ1v) is 23.1. The van der Waals surface area contributed by atoms with Gasteiger partial charge in [0, 0.05) is 0 Å². The van der Waals surface area contributed by atoms with E-state index in [1.165, 1.54) is 15.5 Å². The number of carbonyl (C=O) groups excluding carboxylic acids is 1. The average Bonchev–Trinajstić information content (AvgIpc) is 3.49. The Hall–Kier alpha value is -1.01. The van der Waals surface area contributed by atoms with Gasteiger partial charge in [-0.2, -0.15) is 0 Å². The second-order valence-corrected chi connectivity index (χ2v) is 24.3. The normalized spacial score (nSPS) is 29.3. The summed E-state index contributed by atoms with van der Waals surface area (Å²) in [6.45, 7) is 15.2. The molecule has 1 N–H and O–H groups in total. The zero-order chi connectivity index (χ0) is 29.8. The summed E-state index contributed by atoms with van der Waals surface area (Å²) in [5.41, 5.74) is 8.75. The SMILES string of the molecule is C[As](C)c1ccc(C(O)C2=C3CCC4(C=C3CCC2C2CCC(=O)C2(C)CO[Si](C)(C)C(C)(C)C)OCCO4)cc1. The van der Waals surface area contributed by atoms with E-state index in [0.29, 0.717) is 32.0 Å². The Morgan fingerprint density at radius 1 is 1.07 bits per heavy atom. The predicted octanol–water partition coefficient (Wildman–Crippen LogP) is 6.86. The third-order valence-corrected chi connectivity index (χ3v) is 18.2. The van der Waals surface area contributed by atoms with Crippen LogP contribution in [0, 0.1) is 17.3 Å². The molecule has 3 aliphatic carbocycles. The average molecular weight is 643 g/mol. The summed E-state index contributed by atoms with van der Waals surface area (Å²) in [6, 6.07) is 8.68. The first kappa shape index (κ1) is 31.4. The molecular weight excluding hydrogens is 591 g/mol. The minimum absolute atomic E-state index is 0.0853. The van der Waals surface area contributed by atoms with Gasteiger partial charge in [-0.15, -0.1) is 0 Å². The minimum atomic E-state index is -2.03. The van der Waals surface area contributed by atoms with Crippen molar-refractivity contribution in [3.63, 3.8) is 0 Å². The maximum atomic E-state index is 13.6. The fourth-order valence-corrected chi connectivity index (χ4v) is 9.88. The van der Waals surface area contributed by atoms with Gasteiger partial charge in [0.1, 0.15) is 0 Å². The van der Waals surface area contributed by atoms with Crippen molar-refractivity contribution in [3.8, 4) is 0 Å². The van der Waals surface area contributed by atoms with Gasteiger partial charge in [-0.1, -0.05) is 20.8 Å². The van der Waals surface area contributed by atoms with Crippen molar-refractivity contribution in [3.05, 3.63) is 52.6 Å². The number of ketones is 1. The summed E-state index contributed by atoms with van der Waals surface area (Å²) in [5.74, 6) is -0.00430. The quantitative estimate of drug-likeness (QED) is 0.330. The molecule has 0 aromatic heterocycles. The molecule has 4 unspecified atom stereocenters. The molecule has 226 valence electrons. The fraction of sp³-hybridized carbons (Fsp3) is 0.676. The summed E-state index contributed by atoms with van der Waals surface area (Å²) in [7, 11) is -2.03. The molecule has 1 aromatic carbocycles. The molecule has 0 bridgehead atoms. The van der Waals surface area contributed by atoms with Gasteiger partial charge in [-0.05, 0) is 18.1 Å². The van der Waals surface area contributed by atoms with Gasteiger partial charge in [-0.3, -0.25) is 0 Å². The van der Waals surface area contributed by atoms with E-state index in [2.05, 4.69) is 82.6 Å². The molecule has 1 saturated heterocycles. The summed E-state index contributed by atoms with van der Waals surface area (Å²) >= 11 is -0.993. The molecule has 1 spiro atoms. The number of fused-ring (bicyclic) bond motifs is 1. The van der Waals surface area contributed by atoms with Crippen LogP contribution in [0.15, 0.2) is 47.1 Å². The molecule has 1 aromatic rings. The van der Waals surface area contributed by atoms with E-state index in [1.807, 2.05) is 0 Å². The van der Waals surface area contributed by atoms with E-state index in [-0.39, 0.29) is 16.9 Å². The number of ether oxygens (including phenoxy) is 2. The van der Waals surface area contributed by atoms with Crippen molar-refractivity contribution >= 4 is 33.1 Å². The Kier molecular flexibility index (Phi) is 8.80. The number of Topliss-reactive ketones (excluding diaryl/α,β-unsaturated/α-hetero) is 1. The molecular formula is C34H51AsO5Si. The van der Waals surface area contributed by atoms with Gasteiger partial charge >= 0.3 is 215 Å². The number of aliphatic hydroxyl groups excluding tert-OH is 1. The number of aliphatic hydroxyl groups is 1. The van der Waals surface area contributed by atoms with Gasteiger partial charge in [0.15, 0.2) is 0 Å². The number of rotatable bonds is 7. The Morgan fingerprint density at radius 2 is 1.73 bits per heavy atom. The molecule has 1 aliphatic heterocycles. The third-order valence-electron chi connectivity index (χ3n) is 10.9. The second-order valence-electron chi connectivity index (χ2n) is 14.7. The van der Waals surface area contributed by atoms with Gasteiger partial charge in [0.2, 0.25) is 0 Å². The Morgan fingerprint density at radius 3 is 2.34 bits per heavy atom. The number of hydrogen-bond donors (Lipinski definition) is 1. The topological polar surface area (TPSA) is 65.0 Å². The summed E-state index contributed by atoms with van der Waals surface area (Å²) < 4.78 is 20.3. The van der Waals surface area contributed by atoms with Crippen molar-refractivity contribution in [1.29, 1.82) is 0 Å². The van der Waals surface area contributed by atoms with Crippen molar-refractivity contribution < 1.29 is 23.8 Å². The van der Waals surface area contributed by atoms with E-state index in [0.717, 1.165) is 43.2 Å². The standard InChI is InChI=1S/C34H51AsO5Si/c1-32(2,3)41(7,8)40-22-33(4)28(15-16-29(33)36)27-14-11-24-21-34(38-19-20-39-34)18-17-26(24)30(27)31(37)23-9-12-25(13-10-23)35(5)6/h9-10,12-13,21,27-28,31,37H,11,14-20,22H2,1-8H3. The van der Waals surface area contributed by atoms with Crippen LogP contribution in [-0.2, 0) is 18.7 Å². The first-order valence-electron chi connectivity index (χ1n) is 15.5. The van der Waals surface area contributed by atoms with Crippen LogP contribution in [0.2, 0.25) is 29.6 Å².